The summed E-state index contributed by atoms with van der Waals surface area (Å²) in [6, 6.07) is 9.84. The molecule has 4 rings (SSSR count). The summed E-state index contributed by atoms with van der Waals surface area (Å²) in [7, 11) is 1.61. The van der Waals surface area contributed by atoms with Gasteiger partial charge in [-0.25, -0.2) is 4.98 Å². The van der Waals surface area contributed by atoms with E-state index >= 15 is 0 Å². The first kappa shape index (κ1) is 14.6. The van der Waals surface area contributed by atoms with Gasteiger partial charge in [0.25, 0.3) is 5.56 Å². The van der Waals surface area contributed by atoms with Crippen molar-refractivity contribution in [2.45, 2.75) is 32.4 Å². The van der Waals surface area contributed by atoms with E-state index in [1.54, 1.807) is 23.0 Å². The maximum Gasteiger partial charge on any atom is 0.264 e. The van der Waals surface area contributed by atoms with Gasteiger partial charge in [0, 0.05) is 17.6 Å². The number of hydrogen-bond acceptors (Lipinski definition) is 4. The number of fused-ring (bicyclic) bond motifs is 3. The highest BCUT2D eigenvalue weighted by Crippen LogP contribution is 2.34. The van der Waals surface area contributed by atoms with E-state index in [0.717, 1.165) is 35.0 Å². The summed E-state index contributed by atoms with van der Waals surface area (Å²) in [5, 5.41) is 0.807. The van der Waals surface area contributed by atoms with Gasteiger partial charge in [-0.05, 0) is 31.2 Å². The summed E-state index contributed by atoms with van der Waals surface area (Å²) in [5.74, 6) is 0.684. The number of aryl methyl sites for hydroxylation is 2. The van der Waals surface area contributed by atoms with Crippen LogP contribution in [-0.2, 0) is 24.3 Å². The number of benzene rings is 1. The molecule has 23 heavy (non-hydrogen) atoms. The maximum atomic E-state index is 13.1. The average molecular weight is 326 g/mol. The first-order chi connectivity index (χ1) is 11.3. The predicted octanol–water partition coefficient (Wildman–Crippen LogP) is 3.61. The molecule has 1 aromatic carbocycles. The first-order valence-electron chi connectivity index (χ1n) is 7.89. The molecule has 2 heterocycles. The predicted molar refractivity (Wildman–Crippen MR) is 93.0 cm³/mol. The Morgan fingerprint density at radius 2 is 2.00 bits per heavy atom. The average Bonchev–Trinajstić information content (AvgIpc) is 2.96. The van der Waals surface area contributed by atoms with E-state index < -0.39 is 0 Å². The van der Waals surface area contributed by atoms with Crippen molar-refractivity contribution < 1.29 is 4.74 Å². The summed E-state index contributed by atoms with van der Waals surface area (Å²) in [6.07, 6.45) is 4.42. The lowest BCUT2D eigenvalue weighted by molar-refractivity contribution is 0.129. The van der Waals surface area contributed by atoms with Crippen molar-refractivity contribution in [1.29, 1.82) is 0 Å². The third-order valence-electron chi connectivity index (χ3n) is 4.37. The number of thiophene rings is 1. The largest absolute Gasteiger partial charge is 0.364 e. The van der Waals surface area contributed by atoms with Gasteiger partial charge in [0.15, 0.2) is 0 Å². The Morgan fingerprint density at radius 1 is 1.22 bits per heavy atom. The minimum atomic E-state index is 0.0232. The van der Waals surface area contributed by atoms with Gasteiger partial charge >= 0.3 is 0 Å². The van der Waals surface area contributed by atoms with E-state index in [0.29, 0.717) is 5.82 Å². The van der Waals surface area contributed by atoms with Crippen LogP contribution in [0.3, 0.4) is 0 Å². The molecule has 2 aromatic heterocycles. The van der Waals surface area contributed by atoms with Crippen molar-refractivity contribution in [3.8, 4) is 11.4 Å². The standard InChI is InChI=1S/C18H18N2O2S/c1-22-11-20-16(12-7-3-2-4-8-12)19-17-15(18(20)21)13-9-5-6-10-14(13)23-17/h2-4,7-8H,5-6,9-11H2,1H3. The van der Waals surface area contributed by atoms with Crippen molar-refractivity contribution in [2.24, 2.45) is 0 Å². The molecule has 0 saturated carbocycles. The number of nitrogens with zero attached hydrogens (tertiary/aromatic N) is 2. The molecule has 0 unspecified atom stereocenters. The Labute approximate surface area is 138 Å². The van der Waals surface area contributed by atoms with Crippen LogP contribution in [0.1, 0.15) is 23.3 Å². The van der Waals surface area contributed by atoms with Crippen LogP contribution in [0.4, 0.5) is 0 Å². The fourth-order valence-corrected chi connectivity index (χ4v) is 4.55. The van der Waals surface area contributed by atoms with Crippen LogP contribution in [0, 0.1) is 0 Å². The molecular formula is C18H18N2O2S. The molecule has 0 aliphatic heterocycles. The monoisotopic (exact) mass is 326 g/mol. The van der Waals surface area contributed by atoms with Crippen molar-refractivity contribution in [2.75, 3.05) is 7.11 Å². The quantitative estimate of drug-likeness (QED) is 0.738. The first-order valence-corrected chi connectivity index (χ1v) is 8.70. The maximum absolute atomic E-state index is 13.1. The molecule has 3 aromatic rings. The van der Waals surface area contributed by atoms with Crippen LogP contribution in [0.2, 0.25) is 0 Å². The Balaban J connectivity index is 2.03. The van der Waals surface area contributed by atoms with Crippen LogP contribution in [-0.4, -0.2) is 16.7 Å². The fraction of sp³-hybridized carbons (Fsp3) is 0.333. The van der Waals surface area contributed by atoms with Crippen LogP contribution in [0.15, 0.2) is 35.1 Å². The molecule has 5 heteroatoms. The molecule has 0 bridgehead atoms. The molecule has 0 saturated heterocycles. The molecular weight excluding hydrogens is 308 g/mol. The van der Waals surface area contributed by atoms with Gasteiger partial charge in [0.1, 0.15) is 17.4 Å². The van der Waals surface area contributed by atoms with Crippen molar-refractivity contribution in [1.82, 2.24) is 9.55 Å². The number of methoxy groups -OCH3 is 1. The van der Waals surface area contributed by atoms with Crippen LogP contribution >= 0.6 is 11.3 Å². The summed E-state index contributed by atoms with van der Waals surface area (Å²) in [5.41, 5.74) is 2.18. The second-order valence-electron chi connectivity index (χ2n) is 5.84. The molecule has 118 valence electrons. The van der Waals surface area contributed by atoms with E-state index in [1.165, 1.54) is 16.9 Å². The lowest BCUT2D eigenvalue weighted by Crippen LogP contribution is -2.24. The molecule has 0 spiro atoms. The molecule has 0 amide bonds. The minimum absolute atomic E-state index is 0.0232. The summed E-state index contributed by atoms with van der Waals surface area (Å²) in [4.78, 5) is 20.1. The molecule has 1 aliphatic carbocycles. The second-order valence-corrected chi connectivity index (χ2v) is 6.93. The fourth-order valence-electron chi connectivity index (χ4n) is 3.29. The summed E-state index contributed by atoms with van der Waals surface area (Å²) < 4.78 is 6.92. The van der Waals surface area contributed by atoms with E-state index in [4.69, 9.17) is 9.72 Å². The molecule has 0 radical (unpaired) electrons. The zero-order valence-corrected chi connectivity index (χ0v) is 13.9. The van der Waals surface area contributed by atoms with Gasteiger partial charge in [0.2, 0.25) is 0 Å². The zero-order chi connectivity index (χ0) is 15.8. The van der Waals surface area contributed by atoms with Gasteiger partial charge in [-0.3, -0.25) is 9.36 Å². The number of ether oxygens (including phenoxy) is 1. The molecule has 0 fully saturated rings. The van der Waals surface area contributed by atoms with Gasteiger partial charge in [-0.2, -0.15) is 0 Å². The highest BCUT2D eigenvalue weighted by molar-refractivity contribution is 7.18. The van der Waals surface area contributed by atoms with Gasteiger partial charge in [-0.15, -0.1) is 11.3 Å². The van der Waals surface area contributed by atoms with Crippen molar-refractivity contribution in [3.63, 3.8) is 0 Å². The van der Waals surface area contributed by atoms with Crippen LogP contribution in [0.25, 0.3) is 21.6 Å². The molecule has 0 N–H and O–H groups in total. The normalized spacial score (nSPS) is 14.1. The van der Waals surface area contributed by atoms with Crippen molar-refractivity contribution in [3.05, 3.63) is 51.1 Å². The second kappa shape index (κ2) is 5.91. The van der Waals surface area contributed by atoms with E-state index in [1.807, 2.05) is 30.3 Å². The lowest BCUT2D eigenvalue weighted by Gasteiger charge is -2.13. The summed E-state index contributed by atoms with van der Waals surface area (Å²) >= 11 is 1.68. The number of aromatic nitrogens is 2. The van der Waals surface area contributed by atoms with E-state index in [2.05, 4.69) is 0 Å². The smallest absolute Gasteiger partial charge is 0.264 e. The zero-order valence-electron chi connectivity index (χ0n) is 13.0. The topological polar surface area (TPSA) is 44.1 Å². The summed E-state index contributed by atoms with van der Waals surface area (Å²) in [6.45, 7) is 0.219. The Morgan fingerprint density at radius 3 is 2.78 bits per heavy atom. The Kier molecular flexibility index (Phi) is 3.75. The minimum Gasteiger partial charge on any atom is -0.364 e. The molecule has 1 aliphatic rings. The molecule has 4 nitrogen and oxygen atoms in total. The Bertz CT molecular complexity index is 912. The van der Waals surface area contributed by atoms with Gasteiger partial charge < -0.3 is 4.74 Å². The van der Waals surface area contributed by atoms with Gasteiger partial charge in [-0.1, -0.05) is 30.3 Å². The number of hydrogen-bond donors (Lipinski definition) is 0. The third-order valence-corrected chi connectivity index (χ3v) is 5.55. The Hall–Kier alpha value is -1.98. The SMILES string of the molecule is COCn1c(-c2ccccc2)nc2sc3c(c2c1=O)CCCC3. The van der Waals surface area contributed by atoms with E-state index in [9.17, 15) is 4.79 Å². The molecule has 0 atom stereocenters. The van der Waals surface area contributed by atoms with Gasteiger partial charge in [0.05, 0.1) is 5.39 Å². The highest BCUT2D eigenvalue weighted by atomic mass is 32.1. The van der Waals surface area contributed by atoms with Crippen molar-refractivity contribution >= 4 is 21.6 Å². The third kappa shape index (κ3) is 2.40. The van der Waals surface area contributed by atoms with E-state index in [-0.39, 0.29) is 12.3 Å². The van der Waals surface area contributed by atoms with Crippen LogP contribution < -0.4 is 5.56 Å². The van der Waals surface area contributed by atoms with Crippen LogP contribution in [0.5, 0.6) is 0 Å². The highest BCUT2D eigenvalue weighted by Gasteiger charge is 2.22. The lowest BCUT2D eigenvalue weighted by atomic mass is 9.97. The number of rotatable bonds is 3.